The molecule has 152 valence electrons. The molecule has 0 aromatic carbocycles. The number of carbonyl (C=O) groups excluding carboxylic acids is 2. The first-order valence-corrected chi connectivity index (χ1v) is 9.86. The summed E-state index contributed by atoms with van der Waals surface area (Å²) in [4.78, 5) is 23.1. The maximum Gasteiger partial charge on any atom is 0.305 e. The van der Waals surface area contributed by atoms with Crippen LogP contribution in [0.4, 0.5) is 0 Å². The quantitative estimate of drug-likeness (QED) is 0.198. The van der Waals surface area contributed by atoms with Gasteiger partial charge in [-0.25, -0.2) is 0 Å². The number of ether oxygens (including phenoxy) is 3. The number of hydrogen-bond acceptors (Lipinski definition) is 5. The molecule has 1 heterocycles. The number of rotatable bonds is 13. The van der Waals surface area contributed by atoms with Gasteiger partial charge in [-0.2, -0.15) is 0 Å². The third-order valence-electron chi connectivity index (χ3n) is 4.69. The molecule has 0 spiro atoms. The average Bonchev–Trinajstić information content (AvgIpc) is 2.97. The maximum absolute atomic E-state index is 12.0. The highest BCUT2D eigenvalue weighted by Crippen LogP contribution is 2.35. The van der Waals surface area contributed by atoms with Gasteiger partial charge in [-0.15, -0.1) is 0 Å². The minimum Gasteiger partial charge on any atom is -0.469 e. The summed E-state index contributed by atoms with van der Waals surface area (Å²) in [5.74, 6) is 0.878. The third kappa shape index (κ3) is 8.57. The van der Waals surface area contributed by atoms with Gasteiger partial charge in [0, 0.05) is 20.0 Å². The smallest absolute Gasteiger partial charge is 0.305 e. The Bertz CT molecular complexity index is 559. The fraction of sp³-hybridized carbons (Fsp3) is 0.636. The molecule has 0 saturated heterocycles. The Balaban J connectivity index is 2.56. The fourth-order valence-corrected chi connectivity index (χ4v) is 3.11. The van der Waals surface area contributed by atoms with Crippen LogP contribution in [0.3, 0.4) is 0 Å². The van der Waals surface area contributed by atoms with Crippen molar-refractivity contribution in [3.63, 3.8) is 0 Å². The monoisotopic (exact) mass is 378 g/mol. The Labute approximate surface area is 163 Å². The van der Waals surface area contributed by atoms with Crippen molar-refractivity contribution >= 4 is 11.8 Å². The van der Waals surface area contributed by atoms with Gasteiger partial charge in [0.15, 0.2) is 5.78 Å². The van der Waals surface area contributed by atoms with Gasteiger partial charge in [0.05, 0.1) is 13.0 Å². The summed E-state index contributed by atoms with van der Waals surface area (Å²) in [6.45, 7) is 4.04. The Hall–Kier alpha value is -1.88. The molecule has 5 heteroatoms. The molecule has 5 nitrogen and oxygen atoms in total. The predicted molar refractivity (Wildman–Crippen MR) is 106 cm³/mol. The van der Waals surface area contributed by atoms with Crippen LogP contribution in [0.25, 0.3) is 0 Å². The van der Waals surface area contributed by atoms with Crippen molar-refractivity contribution in [3.05, 3.63) is 35.6 Å². The molecular weight excluding hydrogens is 344 g/mol. The second kappa shape index (κ2) is 13.3. The van der Waals surface area contributed by atoms with E-state index in [1.165, 1.54) is 7.11 Å². The van der Waals surface area contributed by atoms with Gasteiger partial charge in [0.1, 0.15) is 5.76 Å². The van der Waals surface area contributed by atoms with Gasteiger partial charge in [-0.3, -0.25) is 9.59 Å². The Kier molecular flexibility index (Phi) is 11.4. The molecule has 1 rings (SSSR count). The standard InChI is InChI=1S/C22H34O5/c1-5-6-9-12-18(23)15-16-19-17(2)27-22(26-4)20(19)13-10-7-8-11-14-21(24)25-3/h7-8,15-16,20,22H,5-6,9-14H2,1-4H3/b8-7-,16-15+/t20-,22-/m1/s1. The molecule has 0 radical (unpaired) electrons. The highest BCUT2D eigenvalue weighted by atomic mass is 16.7. The summed E-state index contributed by atoms with van der Waals surface area (Å²) in [7, 11) is 3.04. The summed E-state index contributed by atoms with van der Waals surface area (Å²) in [5.41, 5.74) is 1.04. The molecule has 0 bridgehead atoms. The van der Waals surface area contributed by atoms with Crippen LogP contribution in [-0.2, 0) is 23.8 Å². The molecule has 0 N–H and O–H groups in total. The Morgan fingerprint density at radius 3 is 2.52 bits per heavy atom. The average molecular weight is 379 g/mol. The van der Waals surface area contributed by atoms with Crippen LogP contribution >= 0.6 is 0 Å². The van der Waals surface area contributed by atoms with Crippen LogP contribution in [0.5, 0.6) is 0 Å². The van der Waals surface area contributed by atoms with Crippen molar-refractivity contribution in [3.8, 4) is 0 Å². The number of methoxy groups -OCH3 is 2. The maximum atomic E-state index is 12.0. The Morgan fingerprint density at radius 1 is 1.11 bits per heavy atom. The van der Waals surface area contributed by atoms with Crippen molar-refractivity contribution in [1.29, 1.82) is 0 Å². The highest BCUT2D eigenvalue weighted by Gasteiger charge is 2.33. The zero-order chi connectivity index (χ0) is 20.1. The molecule has 0 aromatic heterocycles. The summed E-state index contributed by atoms with van der Waals surface area (Å²) in [5, 5.41) is 0. The molecule has 0 aliphatic carbocycles. The number of ketones is 1. The van der Waals surface area contributed by atoms with E-state index in [1.807, 2.05) is 19.1 Å². The normalized spacial score (nSPS) is 19.9. The van der Waals surface area contributed by atoms with Gasteiger partial charge >= 0.3 is 5.97 Å². The van der Waals surface area contributed by atoms with E-state index in [0.717, 1.165) is 43.4 Å². The van der Waals surface area contributed by atoms with Crippen LogP contribution in [-0.4, -0.2) is 32.3 Å². The first-order chi connectivity index (χ1) is 13.0. The van der Waals surface area contributed by atoms with E-state index in [4.69, 9.17) is 9.47 Å². The molecule has 1 aliphatic rings. The van der Waals surface area contributed by atoms with E-state index in [1.54, 1.807) is 13.2 Å². The van der Waals surface area contributed by atoms with E-state index in [0.29, 0.717) is 19.3 Å². The molecule has 1 aliphatic heterocycles. The minimum absolute atomic E-state index is 0.0972. The Morgan fingerprint density at radius 2 is 1.85 bits per heavy atom. The number of hydrogen-bond donors (Lipinski definition) is 0. The lowest BCUT2D eigenvalue weighted by Gasteiger charge is -2.18. The summed E-state index contributed by atoms with van der Waals surface area (Å²) in [6, 6.07) is 0. The molecule has 0 fully saturated rings. The van der Waals surface area contributed by atoms with Crippen molar-refractivity contribution in [2.75, 3.05) is 14.2 Å². The van der Waals surface area contributed by atoms with Crippen LogP contribution in [0.15, 0.2) is 35.6 Å². The van der Waals surface area contributed by atoms with E-state index in [9.17, 15) is 9.59 Å². The molecular formula is C22H34O5. The van der Waals surface area contributed by atoms with Crippen LogP contribution < -0.4 is 0 Å². The molecule has 27 heavy (non-hydrogen) atoms. The summed E-state index contributed by atoms with van der Waals surface area (Å²) in [6.07, 6.45) is 13.8. The first-order valence-electron chi connectivity index (χ1n) is 9.86. The first kappa shape index (κ1) is 23.2. The molecule has 0 amide bonds. The highest BCUT2D eigenvalue weighted by molar-refractivity contribution is 5.90. The minimum atomic E-state index is -0.316. The largest absolute Gasteiger partial charge is 0.469 e. The number of esters is 1. The fourth-order valence-electron chi connectivity index (χ4n) is 3.11. The SMILES string of the molecule is CCCCCC(=O)/C=C/C1=C(C)O[C@@H](OC)[C@@H]1CC/C=C\CCC(=O)OC. The van der Waals surface area contributed by atoms with Crippen molar-refractivity contribution in [1.82, 2.24) is 0 Å². The second-order valence-electron chi connectivity index (χ2n) is 6.76. The van der Waals surface area contributed by atoms with Crippen molar-refractivity contribution in [2.45, 2.75) is 71.5 Å². The topological polar surface area (TPSA) is 61.8 Å². The van der Waals surface area contributed by atoms with Gasteiger partial charge in [0.2, 0.25) is 6.29 Å². The molecule has 0 unspecified atom stereocenters. The zero-order valence-corrected chi connectivity index (χ0v) is 17.2. The van der Waals surface area contributed by atoms with Gasteiger partial charge in [0.25, 0.3) is 0 Å². The lowest BCUT2D eigenvalue weighted by atomic mass is 9.93. The lowest BCUT2D eigenvalue weighted by molar-refractivity contribution is -0.140. The third-order valence-corrected chi connectivity index (χ3v) is 4.69. The lowest BCUT2D eigenvalue weighted by Crippen LogP contribution is -2.20. The summed E-state index contributed by atoms with van der Waals surface area (Å²) < 4.78 is 15.9. The summed E-state index contributed by atoms with van der Waals surface area (Å²) >= 11 is 0. The predicted octanol–water partition coefficient (Wildman–Crippen LogP) is 4.87. The van der Waals surface area contributed by atoms with Crippen LogP contribution in [0.2, 0.25) is 0 Å². The van der Waals surface area contributed by atoms with Crippen molar-refractivity contribution < 1.29 is 23.8 Å². The van der Waals surface area contributed by atoms with E-state index >= 15 is 0 Å². The molecule has 2 atom stereocenters. The van der Waals surface area contributed by atoms with Gasteiger partial charge in [-0.1, -0.05) is 38.0 Å². The number of allylic oxidation sites excluding steroid dienone is 5. The van der Waals surface area contributed by atoms with Gasteiger partial charge in [-0.05, 0) is 44.3 Å². The van der Waals surface area contributed by atoms with Crippen LogP contribution in [0.1, 0.15) is 65.2 Å². The van der Waals surface area contributed by atoms with E-state index in [2.05, 4.69) is 17.7 Å². The zero-order valence-electron chi connectivity index (χ0n) is 17.2. The van der Waals surface area contributed by atoms with E-state index < -0.39 is 0 Å². The van der Waals surface area contributed by atoms with E-state index in [-0.39, 0.29) is 24.0 Å². The molecule has 0 aromatic rings. The molecule has 0 saturated carbocycles. The van der Waals surface area contributed by atoms with Crippen LogP contribution in [0, 0.1) is 5.92 Å². The number of unbranched alkanes of at least 4 members (excludes halogenated alkanes) is 2. The van der Waals surface area contributed by atoms with Gasteiger partial charge < -0.3 is 14.2 Å². The van der Waals surface area contributed by atoms with Crippen molar-refractivity contribution in [2.24, 2.45) is 5.92 Å². The second-order valence-corrected chi connectivity index (χ2v) is 6.76. The number of carbonyl (C=O) groups is 2.